The highest BCUT2D eigenvalue weighted by atomic mass is 19.1. The van der Waals surface area contributed by atoms with E-state index in [4.69, 9.17) is 4.98 Å². The van der Waals surface area contributed by atoms with E-state index in [1.165, 1.54) is 16.8 Å². The van der Waals surface area contributed by atoms with Gasteiger partial charge in [0.15, 0.2) is 6.17 Å². The van der Waals surface area contributed by atoms with Crippen LogP contribution < -0.4 is 4.90 Å². The molecular weight excluding hydrogens is 604 g/mol. The average Bonchev–Trinajstić information content (AvgIpc) is 3.49. The maximum Gasteiger partial charge on any atom is 0.150 e. The number of anilines is 3. The molecule has 1 unspecified atom stereocenters. The minimum atomic E-state index is -1.32. The first-order chi connectivity index (χ1) is 24.0. The molecular formula is C44H33FN4. The van der Waals surface area contributed by atoms with E-state index in [-0.39, 0.29) is 5.41 Å². The van der Waals surface area contributed by atoms with Crippen LogP contribution in [0.4, 0.5) is 21.5 Å². The summed E-state index contributed by atoms with van der Waals surface area (Å²) in [5.41, 5.74) is 10.4. The van der Waals surface area contributed by atoms with Gasteiger partial charge >= 0.3 is 0 Å². The summed E-state index contributed by atoms with van der Waals surface area (Å²) in [6.07, 6.45) is 2.25. The Morgan fingerprint density at radius 1 is 0.612 bits per heavy atom. The zero-order valence-corrected chi connectivity index (χ0v) is 27.3. The summed E-state index contributed by atoms with van der Waals surface area (Å²) < 4.78 is 18.8. The minimum Gasteiger partial charge on any atom is -0.310 e. The fourth-order valence-corrected chi connectivity index (χ4v) is 7.72. The van der Waals surface area contributed by atoms with Crippen molar-refractivity contribution in [3.63, 3.8) is 0 Å². The predicted molar refractivity (Wildman–Crippen MR) is 198 cm³/mol. The van der Waals surface area contributed by atoms with Gasteiger partial charge in [0.1, 0.15) is 5.82 Å². The Morgan fingerprint density at radius 2 is 1.37 bits per heavy atom. The number of fused-ring (bicyclic) bond motifs is 6. The molecule has 4 heterocycles. The Morgan fingerprint density at radius 3 is 2.16 bits per heavy atom. The first-order valence-electron chi connectivity index (χ1n) is 16.6. The van der Waals surface area contributed by atoms with Crippen LogP contribution in [0.25, 0.3) is 38.9 Å². The zero-order chi connectivity index (χ0) is 33.1. The Kier molecular flexibility index (Phi) is 6.70. The van der Waals surface area contributed by atoms with Crippen LogP contribution in [0.5, 0.6) is 0 Å². The molecule has 9 rings (SSSR count). The third-order valence-electron chi connectivity index (χ3n) is 9.94. The third kappa shape index (κ3) is 4.57. The molecule has 0 bridgehead atoms. The number of para-hydroxylation sites is 2. The highest BCUT2D eigenvalue weighted by Gasteiger charge is 2.39. The van der Waals surface area contributed by atoms with Crippen molar-refractivity contribution >= 4 is 38.9 Å². The van der Waals surface area contributed by atoms with Gasteiger partial charge in [0.05, 0.1) is 28.1 Å². The molecule has 49 heavy (non-hydrogen) atoms. The normalized spacial score (nSPS) is 14.1. The van der Waals surface area contributed by atoms with E-state index in [1.807, 2.05) is 79.0 Å². The van der Waals surface area contributed by atoms with Crippen LogP contribution in [0.2, 0.25) is 0 Å². The molecule has 1 aliphatic heterocycles. The van der Waals surface area contributed by atoms with Crippen LogP contribution in [-0.4, -0.2) is 14.5 Å². The molecule has 8 aromatic rings. The molecule has 236 valence electrons. The van der Waals surface area contributed by atoms with Crippen LogP contribution in [0.1, 0.15) is 42.3 Å². The van der Waals surface area contributed by atoms with Gasteiger partial charge in [0.2, 0.25) is 0 Å². The SMILES string of the molecule is CC1(C)c2ccccc2N(c2ccccc2)c2ccc3c(c21)c1ccc(C(F)c2cccc(-c4ccccn4)c2)cc1n3-c1ccccn1. The molecule has 0 amide bonds. The molecule has 1 aliphatic rings. The topological polar surface area (TPSA) is 34.0 Å². The number of aromatic nitrogens is 3. The minimum absolute atomic E-state index is 0.326. The van der Waals surface area contributed by atoms with E-state index in [1.54, 1.807) is 6.20 Å². The second-order valence-electron chi connectivity index (χ2n) is 13.2. The Bertz CT molecular complexity index is 2490. The molecule has 5 aromatic carbocycles. The van der Waals surface area contributed by atoms with Crippen LogP contribution in [0, 0.1) is 0 Å². The lowest BCUT2D eigenvalue weighted by Gasteiger charge is -2.42. The van der Waals surface area contributed by atoms with Crippen LogP contribution in [0.15, 0.2) is 158 Å². The predicted octanol–water partition coefficient (Wildman–Crippen LogP) is 11.4. The molecule has 5 heteroatoms. The van der Waals surface area contributed by atoms with Gasteiger partial charge < -0.3 is 4.90 Å². The fourth-order valence-electron chi connectivity index (χ4n) is 7.72. The van der Waals surface area contributed by atoms with Gasteiger partial charge in [-0.3, -0.25) is 9.55 Å². The van der Waals surface area contributed by atoms with Crippen molar-refractivity contribution in [3.05, 3.63) is 180 Å². The third-order valence-corrected chi connectivity index (χ3v) is 9.94. The van der Waals surface area contributed by atoms with Crippen molar-refractivity contribution in [2.24, 2.45) is 0 Å². The van der Waals surface area contributed by atoms with E-state index in [0.29, 0.717) is 11.1 Å². The van der Waals surface area contributed by atoms with Crippen molar-refractivity contribution in [1.82, 2.24) is 14.5 Å². The summed E-state index contributed by atoms with van der Waals surface area (Å²) in [6.45, 7) is 4.63. The first-order valence-corrected chi connectivity index (χ1v) is 16.6. The van der Waals surface area contributed by atoms with Crippen molar-refractivity contribution in [2.75, 3.05) is 4.90 Å². The van der Waals surface area contributed by atoms with Crippen LogP contribution >= 0.6 is 0 Å². The molecule has 0 saturated carbocycles. The molecule has 3 aromatic heterocycles. The van der Waals surface area contributed by atoms with E-state index in [0.717, 1.165) is 50.3 Å². The molecule has 0 radical (unpaired) electrons. The number of nitrogens with zero attached hydrogens (tertiary/aromatic N) is 4. The average molecular weight is 637 g/mol. The van der Waals surface area contributed by atoms with Gasteiger partial charge in [0, 0.05) is 39.8 Å². The maximum absolute atomic E-state index is 16.6. The van der Waals surface area contributed by atoms with Crippen molar-refractivity contribution in [1.29, 1.82) is 0 Å². The van der Waals surface area contributed by atoms with Crippen LogP contribution in [-0.2, 0) is 5.41 Å². The van der Waals surface area contributed by atoms with Crippen molar-refractivity contribution in [3.8, 4) is 17.1 Å². The van der Waals surface area contributed by atoms with E-state index >= 15 is 4.39 Å². The Balaban J connectivity index is 1.30. The summed E-state index contributed by atoms with van der Waals surface area (Å²) in [7, 11) is 0. The summed E-state index contributed by atoms with van der Waals surface area (Å²) >= 11 is 0. The van der Waals surface area contributed by atoms with Crippen molar-refractivity contribution < 1.29 is 4.39 Å². The fraction of sp³-hybridized carbons (Fsp3) is 0.0909. The Labute approximate surface area is 284 Å². The van der Waals surface area contributed by atoms with E-state index in [2.05, 4.69) is 101 Å². The van der Waals surface area contributed by atoms with Gasteiger partial charge in [-0.25, -0.2) is 9.37 Å². The van der Waals surface area contributed by atoms with Gasteiger partial charge in [-0.1, -0.05) is 92.7 Å². The van der Waals surface area contributed by atoms with Gasteiger partial charge in [-0.15, -0.1) is 0 Å². The number of benzene rings is 5. The molecule has 0 saturated heterocycles. The molecule has 0 fully saturated rings. The zero-order valence-electron chi connectivity index (χ0n) is 27.3. The highest BCUT2D eigenvalue weighted by Crippen LogP contribution is 2.55. The van der Waals surface area contributed by atoms with Crippen molar-refractivity contribution in [2.45, 2.75) is 25.4 Å². The number of halogens is 1. The smallest absolute Gasteiger partial charge is 0.150 e. The second kappa shape index (κ2) is 11.3. The van der Waals surface area contributed by atoms with Crippen LogP contribution in [0.3, 0.4) is 0 Å². The van der Waals surface area contributed by atoms with E-state index in [9.17, 15) is 0 Å². The number of hydrogen-bond acceptors (Lipinski definition) is 3. The summed E-state index contributed by atoms with van der Waals surface area (Å²) in [5, 5.41) is 2.22. The van der Waals surface area contributed by atoms with Gasteiger partial charge in [0.25, 0.3) is 0 Å². The summed E-state index contributed by atoms with van der Waals surface area (Å²) in [4.78, 5) is 11.7. The maximum atomic E-state index is 16.6. The Hall–Kier alpha value is -6.07. The molecule has 1 atom stereocenters. The number of alkyl halides is 1. The second-order valence-corrected chi connectivity index (χ2v) is 13.2. The standard InChI is InChI=1S/C44H33FN4/c1-44(2)34-17-6-7-19-36(34)48(32-15-4-3-5-16-32)38-24-23-37-41(42(38)44)33-22-21-31(28-39(33)49(37)40-20-9-11-26-47-40)43(45)30-14-12-13-29(27-30)35-18-8-10-25-46-35/h3-28,43H,1-2H3. The summed E-state index contributed by atoms with van der Waals surface area (Å²) in [5.74, 6) is 0.793. The number of pyridine rings is 2. The summed E-state index contributed by atoms with van der Waals surface area (Å²) in [6, 6.07) is 49.1. The number of rotatable bonds is 5. The molecule has 4 nitrogen and oxygen atoms in total. The molecule has 0 spiro atoms. The highest BCUT2D eigenvalue weighted by molar-refractivity contribution is 6.14. The van der Waals surface area contributed by atoms with Gasteiger partial charge in [-0.05, 0) is 89.0 Å². The quantitative estimate of drug-likeness (QED) is 0.188. The first kappa shape index (κ1) is 29.1. The lowest BCUT2D eigenvalue weighted by Crippen LogP contribution is -2.30. The van der Waals surface area contributed by atoms with E-state index < -0.39 is 6.17 Å². The lowest BCUT2D eigenvalue weighted by atomic mass is 9.72. The number of hydrogen-bond donors (Lipinski definition) is 0. The van der Waals surface area contributed by atoms with Gasteiger partial charge in [-0.2, -0.15) is 0 Å². The molecule has 0 N–H and O–H groups in total. The lowest BCUT2D eigenvalue weighted by molar-refractivity contribution is 0.402. The monoisotopic (exact) mass is 636 g/mol. The largest absolute Gasteiger partial charge is 0.310 e. The molecule has 0 aliphatic carbocycles.